The van der Waals surface area contributed by atoms with E-state index in [4.69, 9.17) is 5.26 Å². The Morgan fingerprint density at radius 3 is 2.14 bits per heavy atom. The van der Waals surface area contributed by atoms with Gasteiger partial charge in [0.25, 0.3) is 0 Å². The normalized spacial score (nSPS) is 11.0. The van der Waals surface area contributed by atoms with Crippen molar-refractivity contribution >= 4 is 22.0 Å². The Hall–Kier alpha value is -3.18. The fourth-order valence-corrected chi connectivity index (χ4v) is 2.30. The number of anilines is 1. The lowest BCUT2D eigenvalue weighted by molar-refractivity contribution is 0.468. The summed E-state index contributed by atoms with van der Waals surface area (Å²) in [5.41, 5.74) is 0.453. The van der Waals surface area contributed by atoms with Crippen molar-refractivity contribution in [1.82, 2.24) is 0 Å². The van der Waals surface area contributed by atoms with E-state index in [1.165, 1.54) is 0 Å². The van der Waals surface area contributed by atoms with Crippen molar-refractivity contribution in [3.05, 3.63) is 35.9 Å². The van der Waals surface area contributed by atoms with E-state index in [2.05, 4.69) is 0 Å². The van der Waals surface area contributed by atoms with Gasteiger partial charge in [0.2, 0.25) is 0 Å². The molecule has 104 valence electrons. The third kappa shape index (κ3) is 2.22. The Balaban J connectivity index is 3.03. The van der Waals surface area contributed by atoms with E-state index in [9.17, 15) is 15.5 Å². The number of fused-ring (bicyclic) bond motifs is 1. The first-order chi connectivity index (χ1) is 10.0. The lowest BCUT2D eigenvalue weighted by Gasteiger charge is -2.21. The second-order valence-corrected chi connectivity index (χ2v) is 4.66. The molecule has 0 aliphatic carbocycles. The second kappa shape index (κ2) is 5.44. The van der Waals surface area contributed by atoms with E-state index in [0.717, 1.165) is 6.08 Å². The van der Waals surface area contributed by atoms with Gasteiger partial charge in [0.05, 0.1) is 22.9 Å². The van der Waals surface area contributed by atoms with Gasteiger partial charge in [-0.25, -0.2) is 0 Å². The first kappa shape index (κ1) is 14.2. The van der Waals surface area contributed by atoms with Crippen LogP contribution in [0.3, 0.4) is 0 Å². The molecule has 0 heterocycles. The summed E-state index contributed by atoms with van der Waals surface area (Å²) in [4.78, 5) is 1.60. The van der Waals surface area contributed by atoms with Crippen LogP contribution >= 0.6 is 0 Å². The van der Waals surface area contributed by atoms with Crippen LogP contribution in [0.4, 0.5) is 5.69 Å². The molecule has 0 radical (unpaired) electrons. The summed E-state index contributed by atoms with van der Waals surface area (Å²) in [6, 6.07) is 10.5. The van der Waals surface area contributed by atoms with Gasteiger partial charge in [-0.05, 0) is 0 Å². The largest absolute Gasteiger partial charge is 0.507 e. The standard InChI is InChI=1S/C16H13N3O2/c1-19(2)14-13(10(9-18)7-8-17)15(20)11-5-3-4-6-12(11)16(14)21/h3-7,20-21H,1-2H3. The Bertz CT molecular complexity index is 824. The SMILES string of the molecule is CN(C)c1c(C(C#N)=CC#N)c(O)c2ccccc2c1O. The molecule has 2 N–H and O–H groups in total. The maximum absolute atomic E-state index is 10.5. The fourth-order valence-electron chi connectivity index (χ4n) is 2.30. The average molecular weight is 279 g/mol. The number of phenols is 2. The number of allylic oxidation sites excluding steroid dienone is 2. The molecule has 0 spiro atoms. The van der Waals surface area contributed by atoms with E-state index >= 15 is 0 Å². The van der Waals surface area contributed by atoms with E-state index in [-0.39, 0.29) is 22.6 Å². The maximum Gasteiger partial charge on any atom is 0.147 e. The summed E-state index contributed by atoms with van der Waals surface area (Å²) in [5.74, 6) is -0.169. The number of aromatic hydroxyl groups is 2. The molecule has 0 bridgehead atoms. The molecule has 0 atom stereocenters. The summed E-state index contributed by atoms with van der Waals surface area (Å²) >= 11 is 0. The van der Waals surface area contributed by atoms with E-state index in [1.807, 2.05) is 6.07 Å². The number of rotatable bonds is 2. The summed E-state index contributed by atoms with van der Waals surface area (Å²) in [7, 11) is 3.38. The van der Waals surface area contributed by atoms with Gasteiger partial charge in [-0.15, -0.1) is 0 Å². The van der Waals surface area contributed by atoms with Crippen LogP contribution in [0.5, 0.6) is 11.5 Å². The van der Waals surface area contributed by atoms with Crippen LogP contribution in [0.2, 0.25) is 0 Å². The van der Waals surface area contributed by atoms with Gasteiger partial charge >= 0.3 is 0 Å². The van der Waals surface area contributed by atoms with Crippen LogP contribution in [0.15, 0.2) is 30.3 Å². The molecule has 0 saturated carbocycles. The fraction of sp³-hybridized carbons (Fsp3) is 0.125. The molecule has 0 fully saturated rings. The van der Waals surface area contributed by atoms with Crippen molar-refractivity contribution in [2.45, 2.75) is 0 Å². The number of nitriles is 2. The number of hydrogen-bond donors (Lipinski definition) is 2. The molecule has 0 aromatic heterocycles. The van der Waals surface area contributed by atoms with Gasteiger partial charge in [0.1, 0.15) is 17.6 Å². The highest BCUT2D eigenvalue weighted by atomic mass is 16.3. The maximum atomic E-state index is 10.5. The zero-order valence-electron chi connectivity index (χ0n) is 11.6. The van der Waals surface area contributed by atoms with Crippen LogP contribution < -0.4 is 4.90 Å². The smallest absolute Gasteiger partial charge is 0.147 e. The van der Waals surface area contributed by atoms with Crippen LogP contribution in [0.1, 0.15) is 5.56 Å². The quantitative estimate of drug-likeness (QED) is 0.651. The highest BCUT2D eigenvalue weighted by Gasteiger charge is 2.22. The van der Waals surface area contributed by atoms with Crippen molar-refractivity contribution < 1.29 is 10.2 Å². The van der Waals surface area contributed by atoms with Crippen LogP contribution in [0, 0.1) is 22.7 Å². The molecule has 2 aromatic carbocycles. The van der Waals surface area contributed by atoms with Gasteiger partial charge < -0.3 is 15.1 Å². The number of phenolic OH excluding ortho intramolecular Hbond substituents is 2. The monoisotopic (exact) mass is 279 g/mol. The molecule has 0 unspecified atom stereocenters. The first-order valence-electron chi connectivity index (χ1n) is 6.17. The Kier molecular flexibility index (Phi) is 3.69. The van der Waals surface area contributed by atoms with Crippen molar-refractivity contribution in [1.29, 1.82) is 10.5 Å². The summed E-state index contributed by atoms with van der Waals surface area (Å²) in [6.45, 7) is 0. The van der Waals surface area contributed by atoms with E-state index in [0.29, 0.717) is 16.5 Å². The van der Waals surface area contributed by atoms with Crippen LogP contribution in [-0.4, -0.2) is 24.3 Å². The molecule has 0 amide bonds. The van der Waals surface area contributed by atoms with Gasteiger partial charge in [0.15, 0.2) is 0 Å². The van der Waals surface area contributed by atoms with Gasteiger partial charge in [-0.3, -0.25) is 0 Å². The van der Waals surface area contributed by atoms with Crippen molar-refractivity contribution in [3.63, 3.8) is 0 Å². The Morgan fingerprint density at radius 1 is 1.10 bits per heavy atom. The number of benzene rings is 2. The minimum absolute atomic E-state index is 0.000229. The molecule has 2 aromatic rings. The lowest BCUT2D eigenvalue weighted by atomic mass is 9.96. The van der Waals surface area contributed by atoms with E-state index in [1.54, 1.807) is 49.3 Å². The summed E-state index contributed by atoms with van der Waals surface area (Å²) < 4.78 is 0. The summed E-state index contributed by atoms with van der Waals surface area (Å²) in [6.07, 6.45) is 1.05. The van der Waals surface area contributed by atoms with Crippen molar-refractivity contribution in [3.8, 4) is 23.6 Å². The third-order valence-electron chi connectivity index (χ3n) is 3.18. The predicted octanol–water partition coefficient (Wildman–Crippen LogP) is 2.75. The zero-order chi connectivity index (χ0) is 15.6. The second-order valence-electron chi connectivity index (χ2n) is 4.66. The summed E-state index contributed by atoms with van der Waals surface area (Å²) in [5, 5.41) is 39.9. The lowest BCUT2D eigenvalue weighted by Crippen LogP contribution is -2.12. The minimum atomic E-state index is -0.129. The van der Waals surface area contributed by atoms with Crippen LogP contribution in [0.25, 0.3) is 16.3 Å². The van der Waals surface area contributed by atoms with Crippen LogP contribution in [-0.2, 0) is 0 Å². The highest BCUT2D eigenvalue weighted by Crippen LogP contribution is 2.46. The minimum Gasteiger partial charge on any atom is -0.507 e. The molecule has 5 nitrogen and oxygen atoms in total. The Labute approximate surface area is 122 Å². The van der Waals surface area contributed by atoms with Crippen molar-refractivity contribution in [2.24, 2.45) is 0 Å². The molecule has 5 heteroatoms. The van der Waals surface area contributed by atoms with Gasteiger partial charge in [-0.1, -0.05) is 24.3 Å². The van der Waals surface area contributed by atoms with Gasteiger partial charge in [0, 0.05) is 30.9 Å². The van der Waals surface area contributed by atoms with Gasteiger partial charge in [-0.2, -0.15) is 10.5 Å². The molecular formula is C16H13N3O2. The molecule has 0 saturated heterocycles. The Morgan fingerprint density at radius 2 is 1.67 bits per heavy atom. The molecule has 0 aliphatic heterocycles. The number of nitrogens with zero attached hydrogens (tertiary/aromatic N) is 3. The topological polar surface area (TPSA) is 91.3 Å². The zero-order valence-corrected chi connectivity index (χ0v) is 11.6. The van der Waals surface area contributed by atoms with E-state index < -0.39 is 0 Å². The molecule has 0 aliphatic rings. The van der Waals surface area contributed by atoms with Crippen molar-refractivity contribution in [2.75, 3.05) is 19.0 Å². The predicted molar refractivity (Wildman–Crippen MR) is 80.8 cm³/mol. The number of hydrogen-bond acceptors (Lipinski definition) is 5. The third-order valence-corrected chi connectivity index (χ3v) is 3.18. The highest BCUT2D eigenvalue weighted by molar-refractivity contribution is 6.05. The molecule has 2 rings (SSSR count). The average Bonchev–Trinajstić information content (AvgIpc) is 2.48. The first-order valence-corrected chi connectivity index (χ1v) is 6.17. The molecule has 21 heavy (non-hydrogen) atoms. The molecular weight excluding hydrogens is 266 g/mol.